The highest BCUT2D eigenvalue weighted by atomic mass is 32.2. The lowest BCUT2D eigenvalue weighted by molar-refractivity contribution is 0.615. The van der Waals surface area contributed by atoms with E-state index in [-0.39, 0.29) is 11.6 Å². The molecule has 35 heavy (non-hydrogen) atoms. The van der Waals surface area contributed by atoms with E-state index in [1.165, 1.54) is 48.4 Å². The van der Waals surface area contributed by atoms with Crippen molar-refractivity contribution in [1.29, 1.82) is 0 Å². The van der Waals surface area contributed by atoms with Gasteiger partial charge in [0.15, 0.2) is 11.2 Å². The number of hydrogen-bond donors (Lipinski definition) is 0. The molecular formula is C26H14F2N2O3S2. The molecule has 5 nitrogen and oxygen atoms in total. The minimum absolute atomic E-state index is 0.311. The molecule has 0 saturated carbocycles. The average Bonchev–Trinajstić information content (AvgIpc) is 3.48. The summed E-state index contributed by atoms with van der Waals surface area (Å²) in [5.74, 6) is 0.236. The molecule has 0 aliphatic carbocycles. The number of nitrogens with zero attached hydrogens (tertiary/aromatic N) is 2. The summed E-state index contributed by atoms with van der Waals surface area (Å²) in [6.07, 6.45) is 0. The second kappa shape index (κ2) is 9.18. The monoisotopic (exact) mass is 504 g/mol. The third-order valence-corrected chi connectivity index (χ3v) is 6.60. The second-order valence-corrected chi connectivity index (χ2v) is 9.37. The van der Waals surface area contributed by atoms with E-state index in [9.17, 15) is 8.78 Å². The fourth-order valence-electron chi connectivity index (χ4n) is 3.45. The SMILES string of the molecule is Fc1ccc(-c2nc3cc(SOSc4ccc5oc(-c6ccc(F)cc6)nc5c4)ccc3o2)cc1. The van der Waals surface area contributed by atoms with Gasteiger partial charge in [0.2, 0.25) is 11.8 Å². The summed E-state index contributed by atoms with van der Waals surface area (Å²) in [6.45, 7) is 0. The topological polar surface area (TPSA) is 61.3 Å². The van der Waals surface area contributed by atoms with Crippen molar-refractivity contribution in [2.45, 2.75) is 9.79 Å². The summed E-state index contributed by atoms with van der Waals surface area (Å²) in [5, 5.41) is 0. The Morgan fingerprint density at radius 1 is 0.571 bits per heavy atom. The Balaban J connectivity index is 1.14. The lowest BCUT2D eigenvalue weighted by Crippen LogP contribution is -1.78. The first-order valence-corrected chi connectivity index (χ1v) is 11.9. The molecule has 0 amide bonds. The third kappa shape index (κ3) is 4.66. The molecule has 0 saturated heterocycles. The Hall–Kier alpha value is -3.66. The highest BCUT2D eigenvalue weighted by molar-refractivity contribution is 8.07. The van der Waals surface area contributed by atoms with Crippen LogP contribution in [0.2, 0.25) is 0 Å². The van der Waals surface area contributed by atoms with Crippen LogP contribution in [0.5, 0.6) is 0 Å². The predicted molar refractivity (Wildman–Crippen MR) is 132 cm³/mol. The van der Waals surface area contributed by atoms with Crippen LogP contribution in [0.25, 0.3) is 45.1 Å². The van der Waals surface area contributed by atoms with E-state index < -0.39 is 0 Å². The Labute approximate surface area is 206 Å². The van der Waals surface area contributed by atoms with Gasteiger partial charge in [0, 0.05) is 45.0 Å². The summed E-state index contributed by atoms with van der Waals surface area (Å²) in [7, 11) is 0. The maximum atomic E-state index is 13.2. The number of hydrogen-bond acceptors (Lipinski definition) is 7. The Morgan fingerprint density at radius 3 is 1.43 bits per heavy atom. The fraction of sp³-hybridized carbons (Fsp3) is 0. The lowest BCUT2D eigenvalue weighted by atomic mass is 10.2. The predicted octanol–water partition coefficient (Wildman–Crippen LogP) is 8.31. The molecule has 4 aromatic carbocycles. The summed E-state index contributed by atoms with van der Waals surface area (Å²) < 4.78 is 43.7. The molecule has 2 aromatic heterocycles. The van der Waals surface area contributed by atoms with E-state index in [0.29, 0.717) is 45.1 Å². The molecule has 2 heterocycles. The van der Waals surface area contributed by atoms with E-state index in [4.69, 9.17) is 12.5 Å². The number of halogens is 2. The van der Waals surface area contributed by atoms with E-state index in [1.54, 1.807) is 24.3 Å². The second-order valence-electron chi connectivity index (χ2n) is 7.55. The van der Waals surface area contributed by atoms with Crippen LogP contribution < -0.4 is 0 Å². The van der Waals surface area contributed by atoms with Crippen LogP contribution in [0.15, 0.2) is 104 Å². The van der Waals surface area contributed by atoms with Crippen molar-refractivity contribution < 1.29 is 21.2 Å². The molecule has 9 heteroatoms. The van der Waals surface area contributed by atoms with Crippen LogP contribution in [0.1, 0.15) is 0 Å². The number of oxazole rings is 2. The standard InChI is InChI=1S/C26H14F2N2O3S2/c27-17-5-1-15(2-6-17)25-29-21-13-19(9-11-23(21)31-25)34-33-35-20-10-12-24-22(14-20)30-26(32-24)16-3-7-18(28)8-4-16/h1-14H. The Morgan fingerprint density at radius 2 is 1.00 bits per heavy atom. The van der Waals surface area contributed by atoms with Gasteiger partial charge in [-0.1, -0.05) is 0 Å². The normalized spacial score (nSPS) is 11.5. The highest BCUT2D eigenvalue weighted by Crippen LogP contribution is 2.34. The van der Waals surface area contributed by atoms with Crippen LogP contribution in [0.3, 0.4) is 0 Å². The summed E-state index contributed by atoms with van der Waals surface area (Å²) in [4.78, 5) is 10.7. The van der Waals surface area contributed by atoms with Crippen molar-refractivity contribution in [3.63, 3.8) is 0 Å². The lowest BCUT2D eigenvalue weighted by Gasteiger charge is -2.01. The molecule has 0 N–H and O–H groups in total. The molecule has 0 bridgehead atoms. The molecule has 0 fully saturated rings. The number of benzene rings is 4. The van der Waals surface area contributed by atoms with E-state index >= 15 is 0 Å². The van der Waals surface area contributed by atoms with Crippen molar-refractivity contribution in [3.8, 4) is 22.9 Å². The molecule has 0 aliphatic rings. The Kier molecular flexibility index (Phi) is 5.73. The molecule has 0 aliphatic heterocycles. The van der Waals surface area contributed by atoms with E-state index in [0.717, 1.165) is 9.79 Å². The van der Waals surface area contributed by atoms with Crippen molar-refractivity contribution in [2.75, 3.05) is 0 Å². The van der Waals surface area contributed by atoms with Crippen LogP contribution in [0.4, 0.5) is 8.78 Å². The number of aromatic nitrogens is 2. The van der Waals surface area contributed by atoms with Crippen LogP contribution in [0, 0.1) is 11.6 Å². The smallest absolute Gasteiger partial charge is 0.227 e. The summed E-state index contributed by atoms with van der Waals surface area (Å²) in [5.41, 5.74) is 4.04. The maximum Gasteiger partial charge on any atom is 0.227 e. The van der Waals surface area contributed by atoms with Gasteiger partial charge in [-0.25, -0.2) is 22.4 Å². The van der Waals surface area contributed by atoms with E-state index in [1.807, 2.05) is 36.4 Å². The van der Waals surface area contributed by atoms with Crippen LogP contribution >= 0.6 is 24.1 Å². The molecule has 0 spiro atoms. The van der Waals surface area contributed by atoms with Crippen molar-refractivity contribution in [3.05, 3.63) is 96.6 Å². The van der Waals surface area contributed by atoms with Crippen molar-refractivity contribution in [1.82, 2.24) is 9.97 Å². The van der Waals surface area contributed by atoms with E-state index in [2.05, 4.69) is 9.97 Å². The molecule has 0 unspecified atom stereocenters. The average molecular weight is 505 g/mol. The third-order valence-electron chi connectivity index (χ3n) is 5.16. The number of fused-ring (bicyclic) bond motifs is 2. The minimum Gasteiger partial charge on any atom is -0.436 e. The molecule has 0 atom stereocenters. The van der Waals surface area contributed by atoms with Gasteiger partial charge < -0.3 is 8.83 Å². The first kappa shape index (κ1) is 21.8. The van der Waals surface area contributed by atoms with Crippen LogP contribution in [-0.2, 0) is 3.63 Å². The van der Waals surface area contributed by atoms with Gasteiger partial charge in [0.05, 0.1) is 0 Å². The summed E-state index contributed by atoms with van der Waals surface area (Å²) >= 11 is 2.40. The number of rotatable bonds is 6. The minimum atomic E-state index is -0.311. The van der Waals surface area contributed by atoms with Crippen molar-refractivity contribution in [2.24, 2.45) is 0 Å². The molecular weight excluding hydrogens is 490 g/mol. The largest absolute Gasteiger partial charge is 0.436 e. The van der Waals surface area contributed by atoms with Gasteiger partial charge in [-0.15, -0.1) is 0 Å². The highest BCUT2D eigenvalue weighted by Gasteiger charge is 2.12. The zero-order chi connectivity index (χ0) is 23.8. The van der Waals surface area contributed by atoms with Gasteiger partial charge in [-0.05, 0) is 84.9 Å². The van der Waals surface area contributed by atoms with Gasteiger partial charge >= 0.3 is 0 Å². The molecule has 0 radical (unpaired) electrons. The first-order valence-electron chi connectivity index (χ1n) is 10.4. The van der Waals surface area contributed by atoms with Crippen molar-refractivity contribution >= 4 is 46.3 Å². The Bertz CT molecular complexity index is 1520. The van der Waals surface area contributed by atoms with Gasteiger partial charge in [-0.3, -0.25) is 0 Å². The summed E-state index contributed by atoms with van der Waals surface area (Å²) in [6, 6.07) is 23.1. The molecule has 172 valence electrons. The van der Waals surface area contributed by atoms with Gasteiger partial charge in [0.25, 0.3) is 0 Å². The maximum absolute atomic E-state index is 13.2. The zero-order valence-corrected chi connectivity index (χ0v) is 19.4. The van der Waals surface area contributed by atoms with Crippen LogP contribution in [-0.4, -0.2) is 9.97 Å². The first-order chi connectivity index (χ1) is 17.1. The zero-order valence-electron chi connectivity index (χ0n) is 17.8. The molecule has 6 rings (SSSR count). The quantitative estimate of drug-likeness (QED) is 0.211. The fourth-order valence-corrected chi connectivity index (χ4v) is 4.78. The van der Waals surface area contributed by atoms with Gasteiger partial charge in [0.1, 0.15) is 22.7 Å². The van der Waals surface area contributed by atoms with Gasteiger partial charge in [-0.2, -0.15) is 0 Å². The molecule has 6 aromatic rings.